The molecule has 2 aliphatic rings. The first-order valence-electron chi connectivity index (χ1n) is 7.20. The summed E-state index contributed by atoms with van der Waals surface area (Å²) in [4.78, 5) is 0. The van der Waals surface area contributed by atoms with Crippen molar-refractivity contribution in [2.45, 2.75) is 70.8 Å². The summed E-state index contributed by atoms with van der Waals surface area (Å²) in [6.45, 7) is 7.97. The Morgan fingerprint density at radius 2 is 1.95 bits per heavy atom. The van der Waals surface area contributed by atoms with Crippen molar-refractivity contribution >= 4 is 7.12 Å². The molecule has 114 valence electrons. The third-order valence-electron chi connectivity index (χ3n) is 4.93. The minimum Gasteiger partial charge on any atom is -0.400 e. The molecule has 1 aliphatic heterocycles. The number of hydrogen-bond acceptors (Lipinski definition) is 2. The van der Waals surface area contributed by atoms with E-state index in [1.54, 1.807) is 6.08 Å². The topological polar surface area (TPSA) is 18.5 Å². The maximum atomic E-state index is 12.7. The minimum absolute atomic E-state index is 0.0331. The second-order valence-electron chi connectivity index (χ2n) is 6.45. The van der Waals surface area contributed by atoms with E-state index in [0.29, 0.717) is 6.42 Å². The molecule has 1 heterocycles. The molecule has 0 bridgehead atoms. The first-order valence-corrected chi connectivity index (χ1v) is 7.20. The summed E-state index contributed by atoms with van der Waals surface area (Å²) in [6, 6.07) is 0. The lowest BCUT2D eigenvalue weighted by Crippen LogP contribution is -2.44. The van der Waals surface area contributed by atoms with E-state index in [-0.39, 0.29) is 12.8 Å². The van der Waals surface area contributed by atoms with Crippen molar-refractivity contribution < 1.29 is 22.5 Å². The van der Waals surface area contributed by atoms with Gasteiger partial charge in [-0.3, -0.25) is 0 Å². The van der Waals surface area contributed by atoms with Gasteiger partial charge in [-0.05, 0) is 51.9 Å². The number of allylic oxidation sites excluding steroid dienone is 2. The Morgan fingerprint density at radius 1 is 1.30 bits per heavy atom. The van der Waals surface area contributed by atoms with Crippen LogP contribution in [0.1, 0.15) is 53.4 Å². The fourth-order valence-corrected chi connectivity index (χ4v) is 2.82. The standard InChI is InChI=1S/C14H22BF3O2/c1-5-13(4)12(2,3)19-15(20-13)11-8-6-10(7-9-11)14(16,17)18/h8,10H,5-7,9H2,1-4H3. The van der Waals surface area contributed by atoms with Gasteiger partial charge in [0.05, 0.1) is 17.1 Å². The summed E-state index contributed by atoms with van der Waals surface area (Å²) in [5.41, 5.74) is 0.0174. The van der Waals surface area contributed by atoms with Crippen LogP contribution in [0, 0.1) is 5.92 Å². The zero-order chi connectivity index (χ0) is 15.2. The molecule has 1 aliphatic carbocycles. The first kappa shape index (κ1) is 15.9. The maximum absolute atomic E-state index is 12.7. The molecule has 1 fully saturated rings. The molecule has 0 aromatic carbocycles. The van der Waals surface area contributed by atoms with E-state index in [1.807, 2.05) is 27.7 Å². The number of alkyl halides is 3. The summed E-state index contributed by atoms with van der Waals surface area (Å²) in [7, 11) is -0.496. The lowest BCUT2D eigenvalue weighted by molar-refractivity contribution is -0.176. The van der Waals surface area contributed by atoms with E-state index in [9.17, 15) is 13.2 Å². The molecule has 0 N–H and O–H groups in total. The highest BCUT2D eigenvalue weighted by molar-refractivity contribution is 6.54. The largest absolute Gasteiger partial charge is 0.490 e. The van der Waals surface area contributed by atoms with Crippen LogP contribution in [0.5, 0.6) is 0 Å². The Bertz CT molecular complexity index is 406. The van der Waals surface area contributed by atoms with Gasteiger partial charge < -0.3 is 9.31 Å². The van der Waals surface area contributed by atoms with Gasteiger partial charge in [-0.15, -0.1) is 0 Å². The van der Waals surface area contributed by atoms with Gasteiger partial charge in [-0.1, -0.05) is 13.0 Å². The van der Waals surface area contributed by atoms with E-state index in [0.717, 1.165) is 11.9 Å². The molecule has 2 rings (SSSR count). The quantitative estimate of drug-likeness (QED) is 0.706. The van der Waals surface area contributed by atoms with Crippen LogP contribution >= 0.6 is 0 Å². The van der Waals surface area contributed by atoms with Crippen LogP contribution in [0.15, 0.2) is 11.5 Å². The van der Waals surface area contributed by atoms with Gasteiger partial charge >= 0.3 is 13.3 Å². The van der Waals surface area contributed by atoms with Gasteiger partial charge in [0, 0.05) is 0 Å². The van der Waals surface area contributed by atoms with Crippen LogP contribution in [0.25, 0.3) is 0 Å². The molecule has 0 aromatic rings. The van der Waals surface area contributed by atoms with Crippen LogP contribution in [-0.2, 0) is 9.31 Å². The molecule has 0 aromatic heterocycles. The molecule has 6 heteroatoms. The summed E-state index contributed by atoms with van der Waals surface area (Å²) < 4.78 is 49.9. The number of rotatable bonds is 2. The molecule has 0 radical (unpaired) electrons. The SMILES string of the molecule is CCC1(C)OB(C2=CCC(C(F)(F)F)CC2)OC1(C)C. The number of halogens is 3. The fraction of sp³-hybridized carbons (Fsp3) is 0.857. The highest BCUT2D eigenvalue weighted by atomic mass is 19.4. The van der Waals surface area contributed by atoms with Gasteiger partial charge in [0.2, 0.25) is 0 Å². The Hall–Kier alpha value is -0.485. The van der Waals surface area contributed by atoms with Crippen LogP contribution in [0.4, 0.5) is 13.2 Å². The zero-order valence-electron chi connectivity index (χ0n) is 12.5. The van der Waals surface area contributed by atoms with Crippen molar-refractivity contribution in [1.29, 1.82) is 0 Å². The van der Waals surface area contributed by atoms with Gasteiger partial charge in [0.15, 0.2) is 0 Å². The molecule has 0 amide bonds. The Labute approximate surface area is 118 Å². The van der Waals surface area contributed by atoms with E-state index >= 15 is 0 Å². The average molecular weight is 290 g/mol. The Balaban J connectivity index is 2.07. The van der Waals surface area contributed by atoms with E-state index in [2.05, 4.69) is 0 Å². The van der Waals surface area contributed by atoms with Gasteiger partial charge in [0.1, 0.15) is 0 Å². The van der Waals surface area contributed by atoms with Crippen molar-refractivity contribution in [3.8, 4) is 0 Å². The highest BCUT2D eigenvalue weighted by Gasteiger charge is 2.54. The third kappa shape index (κ3) is 2.77. The lowest BCUT2D eigenvalue weighted by atomic mass is 9.70. The molecule has 2 nitrogen and oxygen atoms in total. The van der Waals surface area contributed by atoms with Crippen molar-refractivity contribution in [2.75, 3.05) is 0 Å². The van der Waals surface area contributed by atoms with Crippen molar-refractivity contribution in [3.63, 3.8) is 0 Å². The third-order valence-corrected chi connectivity index (χ3v) is 4.93. The summed E-state index contributed by atoms with van der Waals surface area (Å²) >= 11 is 0. The highest BCUT2D eigenvalue weighted by Crippen LogP contribution is 2.44. The minimum atomic E-state index is -4.10. The van der Waals surface area contributed by atoms with Crippen LogP contribution in [0.2, 0.25) is 0 Å². The maximum Gasteiger partial charge on any atom is 0.490 e. The van der Waals surface area contributed by atoms with Crippen molar-refractivity contribution in [1.82, 2.24) is 0 Å². The van der Waals surface area contributed by atoms with Crippen LogP contribution in [0.3, 0.4) is 0 Å². The van der Waals surface area contributed by atoms with E-state index < -0.39 is 30.4 Å². The van der Waals surface area contributed by atoms with Crippen molar-refractivity contribution in [3.05, 3.63) is 11.5 Å². The second kappa shape index (κ2) is 5.06. The summed E-state index contributed by atoms with van der Waals surface area (Å²) in [5, 5.41) is 0. The molecule has 0 saturated carbocycles. The molecular weight excluding hydrogens is 268 g/mol. The first-order chi connectivity index (χ1) is 9.09. The predicted octanol–water partition coefficient (Wildman–Crippen LogP) is 4.30. The fourth-order valence-electron chi connectivity index (χ4n) is 2.82. The molecule has 0 spiro atoms. The molecule has 20 heavy (non-hydrogen) atoms. The van der Waals surface area contributed by atoms with E-state index in [4.69, 9.17) is 9.31 Å². The lowest BCUT2D eigenvalue weighted by Gasteiger charge is -2.35. The van der Waals surface area contributed by atoms with Gasteiger partial charge in [-0.2, -0.15) is 13.2 Å². The van der Waals surface area contributed by atoms with E-state index in [1.165, 1.54) is 0 Å². The number of hydrogen-bond donors (Lipinski definition) is 0. The molecule has 1 saturated heterocycles. The van der Waals surface area contributed by atoms with Crippen LogP contribution in [-0.4, -0.2) is 24.5 Å². The van der Waals surface area contributed by atoms with Gasteiger partial charge in [-0.25, -0.2) is 0 Å². The molecule has 2 unspecified atom stereocenters. The summed E-state index contributed by atoms with van der Waals surface area (Å²) in [5.74, 6) is -1.22. The zero-order valence-corrected chi connectivity index (χ0v) is 12.5. The monoisotopic (exact) mass is 290 g/mol. The summed E-state index contributed by atoms with van der Waals surface area (Å²) in [6.07, 6.45) is -1.09. The van der Waals surface area contributed by atoms with Gasteiger partial charge in [0.25, 0.3) is 0 Å². The second-order valence-corrected chi connectivity index (χ2v) is 6.45. The average Bonchev–Trinajstić information content (AvgIpc) is 2.60. The molecule has 2 atom stereocenters. The predicted molar refractivity (Wildman–Crippen MR) is 72.2 cm³/mol. The van der Waals surface area contributed by atoms with Crippen molar-refractivity contribution in [2.24, 2.45) is 5.92 Å². The Morgan fingerprint density at radius 3 is 2.35 bits per heavy atom. The molecular formula is C14H22BF3O2. The van der Waals surface area contributed by atoms with Crippen LogP contribution < -0.4 is 0 Å². The normalized spacial score (nSPS) is 34.2. The smallest absolute Gasteiger partial charge is 0.400 e. The Kier molecular flexibility index (Phi) is 4.02.